The van der Waals surface area contributed by atoms with Gasteiger partial charge in [-0.2, -0.15) is 0 Å². The van der Waals surface area contributed by atoms with Gasteiger partial charge in [0.1, 0.15) is 5.82 Å². The Hall–Kier alpha value is -2.64. The summed E-state index contributed by atoms with van der Waals surface area (Å²) in [6.07, 6.45) is 4.90. The van der Waals surface area contributed by atoms with Gasteiger partial charge >= 0.3 is 5.69 Å². The van der Waals surface area contributed by atoms with Gasteiger partial charge in [-0.3, -0.25) is 14.6 Å². The van der Waals surface area contributed by atoms with Crippen LogP contribution in [0.4, 0.5) is 0 Å². The molecule has 0 fully saturated rings. The van der Waals surface area contributed by atoms with Crippen LogP contribution in [0, 0.1) is 0 Å². The van der Waals surface area contributed by atoms with Crippen molar-refractivity contribution in [3.8, 4) is 0 Å². The maximum absolute atomic E-state index is 11.6. The minimum Gasteiger partial charge on any atom is -0.356 e. The van der Waals surface area contributed by atoms with Crippen molar-refractivity contribution < 1.29 is 4.79 Å². The highest BCUT2D eigenvalue weighted by atomic mass is 16.2. The number of amides is 1. The van der Waals surface area contributed by atoms with Crippen molar-refractivity contribution in [2.75, 3.05) is 6.54 Å². The standard InChI is InChI=1S/C12H15N5O3/c18-10(6-8-7-11(19)17-12(20)16-8)15-3-1-2-9-13-4-5-14-9/h4-5,7H,1-3,6H2,(H,13,14)(H,15,18)(H2,16,17,19,20). The summed E-state index contributed by atoms with van der Waals surface area (Å²) in [5, 5.41) is 2.72. The van der Waals surface area contributed by atoms with Crippen molar-refractivity contribution in [3.63, 3.8) is 0 Å². The van der Waals surface area contributed by atoms with E-state index in [1.54, 1.807) is 12.4 Å². The summed E-state index contributed by atoms with van der Waals surface area (Å²) in [6.45, 7) is 0.507. The number of nitrogens with zero attached hydrogens (tertiary/aromatic N) is 1. The van der Waals surface area contributed by atoms with E-state index in [0.717, 1.165) is 18.7 Å². The Morgan fingerprint density at radius 2 is 2.15 bits per heavy atom. The van der Waals surface area contributed by atoms with E-state index in [4.69, 9.17) is 0 Å². The summed E-state index contributed by atoms with van der Waals surface area (Å²) in [6, 6.07) is 1.20. The third-order valence-electron chi connectivity index (χ3n) is 2.63. The summed E-state index contributed by atoms with van der Waals surface area (Å²) in [5.74, 6) is 0.629. The normalized spacial score (nSPS) is 10.4. The fourth-order valence-corrected chi connectivity index (χ4v) is 1.77. The maximum atomic E-state index is 11.6. The monoisotopic (exact) mass is 277 g/mol. The van der Waals surface area contributed by atoms with Crippen LogP contribution in [-0.4, -0.2) is 32.4 Å². The Kier molecular flexibility index (Phi) is 4.48. The SMILES string of the molecule is O=C(Cc1cc(=O)[nH]c(=O)[nH]1)NCCCc1ncc[nH]1. The second kappa shape index (κ2) is 6.50. The van der Waals surface area contributed by atoms with Crippen LogP contribution < -0.4 is 16.6 Å². The van der Waals surface area contributed by atoms with E-state index in [9.17, 15) is 14.4 Å². The largest absolute Gasteiger partial charge is 0.356 e. The van der Waals surface area contributed by atoms with Crippen molar-refractivity contribution in [2.24, 2.45) is 0 Å². The van der Waals surface area contributed by atoms with Crippen LogP contribution in [0.3, 0.4) is 0 Å². The molecule has 0 aromatic carbocycles. The van der Waals surface area contributed by atoms with Crippen LogP contribution in [0.25, 0.3) is 0 Å². The first kappa shape index (κ1) is 13.8. The molecule has 20 heavy (non-hydrogen) atoms. The highest BCUT2D eigenvalue weighted by Gasteiger charge is 2.05. The molecule has 0 saturated heterocycles. The molecule has 0 saturated carbocycles. The number of aromatic amines is 3. The summed E-state index contributed by atoms with van der Waals surface area (Å²) in [5.41, 5.74) is -0.838. The Labute approximate surface area is 113 Å². The van der Waals surface area contributed by atoms with Gasteiger partial charge in [-0.15, -0.1) is 0 Å². The van der Waals surface area contributed by atoms with Crippen molar-refractivity contribution in [3.05, 3.63) is 50.8 Å². The molecule has 0 atom stereocenters. The minimum absolute atomic E-state index is 0.0279. The molecule has 0 bridgehead atoms. The predicted molar refractivity (Wildman–Crippen MR) is 71.3 cm³/mol. The first-order valence-electron chi connectivity index (χ1n) is 6.21. The topological polar surface area (TPSA) is 124 Å². The van der Waals surface area contributed by atoms with Crippen LogP contribution in [0.15, 0.2) is 28.0 Å². The molecular weight excluding hydrogens is 262 g/mol. The van der Waals surface area contributed by atoms with Crippen LogP contribution in [0.5, 0.6) is 0 Å². The molecular formula is C12H15N5O3. The van der Waals surface area contributed by atoms with E-state index in [1.165, 1.54) is 6.07 Å². The number of carbonyl (C=O) groups excluding carboxylic acids is 1. The molecule has 8 nitrogen and oxygen atoms in total. The van der Waals surface area contributed by atoms with Crippen LogP contribution >= 0.6 is 0 Å². The molecule has 0 aliphatic rings. The van der Waals surface area contributed by atoms with Gasteiger partial charge in [-0.05, 0) is 6.42 Å². The summed E-state index contributed by atoms with van der Waals surface area (Å²) in [4.78, 5) is 45.2. The van der Waals surface area contributed by atoms with Gasteiger partial charge in [-0.25, -0.2) is 9.78 Å². The molecule has 0 unspecified atom stereocenters. The number of nitrogens with one attached hydrogen (secondary N) is 4. The average molecular weight is 277 g/mol. The molecule has 2 rings (SSSR count). The highest BCUT2D eigenvalue weighted by molar-refractivity contribution is 5.77. The molecule has 0 aliphatic heterocycles. The third kappa shape index (κ3) is 4.23. The van der Waals surface area contributed by atoms with Crippen molar-refractivity contribution in [2.45, 2.75) is 19.3 Å². The molecule has 2 aromatic heterocycles. The average Bonchev–Trinajstić information content (AvgIpc) is 2.86. The molecule has 2 heterocycles. The van der Waals surface area contributed by atoms with Crippen LogP contribution in [0.1, 0.15) is 17.9 Å². The molecule has 1 amide bonds. The first-order chi connectivity index (χ1) is 9.63. The first-order valence-corrected chi connectivity index (χ1v) is 6.21. The van der Waals surface area contributed by atoms with Gasteiger partial charge in [0, 0.05) is 37.1 Å². The van der Waals surface area contributed by atoms with Crippen molar-refractivity contribution in [1.29, 1.82) is 0 Å². The van der Waals surface area contributed by atoms with E-state index in [0.29, 0.717) is 12.2 Å². The lowest BCUT2D eigenvalue weighted by molar-refractivity contribution is -0.120. The Morgan fingerprint density at radius 3 is 2.85 bits per heavy atom. The highest BCUT2D eigenvalue weighted by Crippen LogP contribution is 1.94. The Bertz CT molecular complexity index is 643. The van der Waals surface area contributed by atoms with E-state index in [1.807, 2.05) is 4.98 Å². The molecule has 8 heteroatoms. The number of imidazole rings is 1. The summed E-state index contributed by atoms with van der Waals surface area (Å²) < 4.78 is 0. The minimum atomic E-state index is -0.613. The van der Waals surface area contributed by atoms with Crippen LogP contribution in [0.2, 0.25) is 0 Å². The van der Waals surface area contributed by atoms with E-state index >= 15 is 0 Å². The van der Waals surface area contributed by atoms with Gasteiger partial charge in [-0.1, -0.05) is 0 Å². The van der Waals surface area contributed by atoms with Crippen molar-refractivity contribution in [1.82, 2.24) is 25.3 Å². The quantitative estimate of drug-likeness (QED) is 0.510. The lowest BCUT2D eigenvalue weighted by Gasteiger charge is -2.04. The van der Waals surface area contributed by atoms with E-state index in [-0.39, 0.29) is 12.3 Å². The number of aromatic nitrogens is 4. The zero-order valence-electron chi connectivity index (χ0n) is 10.7. The molecule has 0 radical (unpaired) electrons. The zero-order valence-corrected chi connectivity index (χ0v) is 10.7. The van der Waals surface area contributed by atoms with Gasteiger partial charge < -0.3 is 15.3 Å². The molecule has 0 spiro atoms. The molecule has 2 aromatic rings. The Balaban J connectivity index is 1.75. The number of carbonyl (C=O) groups is 1. The maximum Gasteiger partial charge on any atom is 0.325 e. The van der Waals surface area contributed by atoms with Crippen LogP contribution in [-0.2, 0) is 17.6 Å². The number of rotatable bonds is 6. The fraction of sp³-hybridized carbons (Fsp3) is 0.333. The fourth-order valence-electron chi connectivity index (χ4n) is 1.77. The lowest BCUT2D eigenvalue weighted by atomic mass is 10.2. The predicted octanol–water partition coefficient (Wildman–Crippen LogP) is -0.922. The second-order valence-electron chi connectivity index (χ2n) is 4.28. The molecule has 4 N–H and O–H groups in total. The molecule has 106 valence electrons. The zero-order chi connectivity index (χ0) is 14.4. The number of H-pyrrole nitrogens is 3. The lowest BCUT2D eigenvalue weighted by Crippen LogP contribution is -2.29. The Morgan fingerprint density at radius 1 is 1.30 bits per heavy atom. The second-order valence-corrected chi connectivity index (χ2v) is 4.28. The van der Waals surface area contributed by atoms with E-state index in [2.05, 4.69) is 20.3 Å². The smallest absolute Gasteiger partial charge is 0.325 e. The number of hydrogen-bond acceptors (Lipinski definition) is 4. The van der Waals surface area contributed by atoms with Gasteiger partial charge in [0.2, 0.25) is 5.91 Å². The third-order valence-corrected chi connectivity index (χ3v) is 2.63. The summed E-state index contributed by atoms with van der Waals surface area (Å²) in [7, 11) is 0. The van der Waals surface area contributed by atoms with Crippen molar-refractivity contribution >= 4 is 5.91 Å². The van der Waals surface area contributed by atoms with Gasteiger partial charge in [0.25, 0.3) is 5.56 Å². The van der Waals surface area contributed by atoms with Gasteiger partial charge in [0.15, 0.2) is 0 Å². The van der Waals surface area contributed by atoms with Gasteiger partial charge in [0.05, 0.1) is 6.42 Å². The number of hydrogen-bond donors (Lipinski definition) is 4. The molecule has 0 aliphatic carbocycles. The summed E-state index contributed by atoms with van der Waals surface area (Å²) >= 11 is 0. The number of aryl methyl sites for hydroxylation is 1. The van der Waals surface area contributed by atoms with E-state index < -0.39 is 11.2 Å².